The molecule has 2 heterocycles. The number of nitrogens with one attached hydrogen (secondary N) is 2. The lowest BCUT2D eigenvalue weighted by Crippen LogP contribution is -2.39. The first-order valence-corrected chi connectivity index (χ1v) is 14.4. The molecule has 0 radical (unpaired) electrons. The van der Waals surface area contributed by atoms with E-state index in [1.807, 2.05) is 11.6 Å². The van der Waals surface area contributed by atoms with E-state index in [1.165, 1.54) is 0 Å². The molecule has 192 valence electrons. The van der Waals surface area contributed by atoms with Crippen molar-refractivity contribution in [2.45, 2.75) is 36.9 Å². The molecule has 0 bridgehead atoms. The average Bonchev–Trinajstić information content (AvgIpc) is 3.33. The van der Waals surface area contributed by atoms with Crippen molar-refractivity contribution in [3.63, 3.8) is 0 Å². The van der Waals surface area contributed by atoms with Gasteiger partial charge in [0.2, 0.25) is 0 Å². The summed E-state index contributed by atoms with van der Waals surface area (Å²) in [5.74, 6) is -0.589. The van der Waals surface area contributed by atoms with Crippen LogP contribution in [0.4, 0.5) is 9.18 Å². The molecule has 3 aromatic rings. The number of thiophene rings is 1. The van der Waals surface area contributed by atoms with Crippen LogP contribution < -0.4 is 10.0 Å². The molecule has 1 aliphatic carbocycles. The number of halogens is 5. The lowest BCUT2D eigenvalue weighted by Gasteiger charge is -2.20. The number of benzene rings is 1. The Balaban J connectivity index is 1.53. The van der Waals surface area contributed by atoms with E-state index < -0.39 is 28.4 Å². The van der Waals surface area contributed by atoms with Gasteiger partial charge in [-0.25, -0.2) is 22.3 Å². The summed E-state index contributed by atoms with van der Waals surface area (Å²) in [6, 6.07) is 5.19. The van der Waals surface area contributed by atoms with Gasteiger partial charge < -0.3 is 5.32 Å². The van der Waals surface area contributed by atoms with Crippen molar-refractivity contribution in [3.8, 4) is 0 Å². The summed E-state index contributed by atoms with van der Waals surface area (Å²) in [5, 5.41) is 7.89. The van der Waals surface area contributed by atoms with Crippen molar-refractivity contribution < 1.29 is 17.6 Å². The zero-order valence-electron chi connectivity index (χ0n) is 18.7. The van der Waals surface area contributed by atoms with Crippen molar-refractivity contribution >= 4 is 79.4 Å². The molecule has 0 aliphatic heterocycles. The second-order valence-corrected chi connectivity index (χ2v) is 12.8. The van der Waals surface area contributed by atoms with Crippen molar-refractivity contribution in [2.75, 3.05) is 6.54 Å². The first-order valence-electron chi connectivity index (χ1n) is 10.6. The molecule has 0 spiro atoms. The summed E-state index contributed by atoms with van der Waals surface area (Å²) in [6.07, 6.45) is 1.89. The summed E-state index contributed by atoms with van der Waals surface area (Å²) in [5.41, 5.74) is 3.52. The van der Waals surface area contributed by atoms with Gasteiger partial charge in [0.15, 0.2) is 0 Å². The summed E-state index contributed by atoms with van der Waals surface area (Å²) in [7, 11) is -4.21. The highest BCUT2D eigenvalue weighted by atomic mass is 35.5. The fourth-order valence-electron chi connectivity index (χ4n) is 3.94. The molecule has 2 aromatic heterocycles. The highest BCUT2D eigenvalue weighted by Crippen LogP contribution is 2.36. The number of urea groups is 1. The third kappa shape index (κ3) is 5.84. The summed E-state index contributed by atoms with van der Waals surface area (Å²) < 4.78 is 43.5. The van der Waals surface area contributed by atoms with Crippen LogP contribution in [0.2, 0.25) is 19.4 Å². The van der Waals surface area contributed by atoms with Crippen LogP contribution in [0, 0.1) is 6.92 Å². The fraction of sp³-hybridized carbons (Fsp3) is 0.273. The molecule has 0 atom stereocenters. The molecular formula is C22H19Cl4FN4O3S2. The molecule has 2 amide bonds. The molecule has 0 unspecified atom stereocenters. The Hall–Kier alpha value is -1.82. The topological polar surface area (TPSA) is 93.1 Å². The van der Waals surface area contributed by atoms with Gasteiger partial charge in [-0.2, -0.15) is 5.10 Å². The van der Waals surface area contributed by atoms with E-state index in [-0.39, 0.29) is 13.6 Å². The molecule has 36 heavy (non-hydrogen) atoms. The van der Waals surface area contributed by atoms with Crippen molar-refractivity contribution in [1.29, 1.82) is 0 Å². The van der Waals surface area contributed by atoms with E-state index in [2.05, 4.69) is 10.4 Å². The van der Waals surface area contributed by atoms with Gasteiger partial charge in [0, 0.05) is 21.2 Å². The quantitative estimate of drug-likeness (QED) is 0.328. The monoisotopic (exact) mass is 610 g/mol. The fourth-order valence-corrected chi connectivity index (χ4v) is 7.22. The molecule has 14 heteroatoms. The number of amides is 2. The number of fused-ring (bicyclic) bond motifs is 1. The Kier molecular flexibility index (Phi) is 8.23. The van der Waals surface area contributed by atoms with E-state index in [0.717, 1.165) is 29.3 Å². The van der Waals surface area contributed by atoms with Crippen LogP contribution in [0.25, 0.3) is 5.57 Å². The van der Waals surface area contributed by atoms with Crippen LogP contribution >= 0.6 is 57.7 Å². The van der Waals surface area contributed by atoms with E-state index >= 15 is 4.39 Å². The smallest absolute Gasteiger partial charge is 0.329 e. The van der Waals surface area contributed by atoms with E-state index in [0.29, 0.717) is 52.0 Å². The molecule has 1 aromatic carbocycles. The Bertz CT molecular complexity index is 1460. The number of hydrogen-bond acceptors (Lipinski definition) is 5. The minimum Gasteiger partial charge on any atom is -0.331 e. The van der Waals surface area contributed by atoms with Crippen LogP contribution in [0.15, 0.2) is 34.3 Å². The number of sulfonamides is 1. The molecule has 0 saturated carbocycles. The molecule has 4 rings (SSSR count). The second-order valence-electron chi connectivity index (χ2n) is 8.02. The number of hydrogen-bond donors (Lipinski definition) is 2. The molecule has 1 aliphatic rings. The average molecular weight is 612 g/mol. The van der Waals surface area contributed by atoms with Gasteiger partial charge in [0.05, 0.1) is 29.5 Å². The van der Waals surface area contributed by atoms with Gasteiger partial charge in [-0.3, -0.25) is 4.68 Å². The maximum atomic E-state index is 15.4. The number of nitrogens with zero attached hydrogens (tertiary/aromatic N) is 2. The van der Waals surface area contributed by atoms with Gasteiger partial charge in [-0.15, -0.1) is 11.3 Å². The normalized spacial score (nSPS) is 14.9. The Labute approximate surface area is 231 Å². The number of carbonyl (C=O) groups is 1. The zero-order valence-corrected chi connectivity index (χ0v) is 23.3. The minimum absolute atomic E-state index is 0.0538. The number of aryl methyl sites for hydroxylation is 1. The Morgan fingerprint density at radius 3 is 2.58 bits per heavy atom. The first kappa shape index (κ1) is 27.2. The molecule has 0 saturated heterocycles. The van der Waals surface area contributed by atoms with E-state index in [9.17, 15) is 13.2 Å². The largest absolute Gasteiger partial charge is 0.331 e. The summed E-state index contributed by atoms with van der Waals surface area (Å²) >= 11 is 24.6. The van der Waals surface area contributed by atoms with Gasteiger partial charge in [-0.1, -0.05) is 52.5 Å². The van der Waals surface area contributed by atoms with Crippen LogP contribution in [0.3, 0.4) is 0 Å². The Morgan fingerprint density at radius 1 is 1.17 bits per heavy atom. The summed E-state index contributed by atoms with van der Waals surface area (Å²) in [6.45, 7) is 1.66. The lowest BCUT2D eigenvalue weighted by atomic mass is 9.90. The van der Waals surface area contributed by atoms with E-state index in [1.54, 1.807) is 22.9 Å². The first-order chi connectivity index (χ1) is 17.0. The van der Waals surface area contributed by atoms with Crippen molar-refractivity contribution in [1.82, 2.24) is 19.8 Å². The number of carbonyl (C=O) groups excluding carboxylic acids is 1. The Morgan fingerprint density at radius 2 is 1.92 bits per heavy atom. The van der Waals surface area contributed by atoms with Crippen molar-refractivity contribution in [2.24, 2.45) is 0 Å². The highest BCUT2D eigenvalue weighted by molar-refractivity contribution is 7.92. The second kappa shape index (κ2) is 10.9. The summed E-state index contributed by atoms with van der Waals surface area (Å²) in [4.78, 5) is 12.2. The van der Waals surface area contributed by atoms with Crippen LogP contribution in [0.1, 0.15) is 35.4 Å². The van der Waals surface area contributed by atoms with Gasteiger partial charge in [0.1, 0.15) is 14.4 Å². The number of rotatable bonds is 6. The number of allylic oxidation sites excluding steroid dienone is 1. The molecule has 2 N–H and O–H groups in total. The molecular weight excluding hydrogens is 593 g/mol. The van der Waals surface area contributed by atoms with Gasteiger partial charge in [0.25, 0.3) is 10.0 Å². The predicted octanol–water partition coefficient (Wildman–Crippen LogP) is 6.62. The standard InChI is InChI=1S/C22H19Cl4FN4O3S2/c1-11-14-3-2-4-15(20(14)31(29-11)10-12-5-6-13(23)7-16(12)24)18(27)9-28-22(32)30-36(33,34)19-8-17(25)21(26)35-19/h5-8H,2-4,9-10H2,1H3,(H2,28,30,32). The molecule has 0 fully saturated rings. The third-order valence-electron chi connectivity index (χ3n) is 5.57. The lowest BCUT2D eigenvalue weighted by molar-refractivity contribution is 0.246. The van der Waals surface area contributed by atoms with Crippen LogP contribution in [-0.4, -0.2) is 30.8 Å². The van der Waals surface area contributed by atoms with E-state index in [4.69, 9.17) is 46.4 Å². The van der Waals surface area contributed by atoms with Crippen LogP contribution in [0.5, 0.6) is 0 Å². The maximum absolute atomic E-state index is 15.4. The predicted molar refractivity (Wildman–Crippen MR) is 142 cm³/mol. The zero-order chi connectivity index (χ0) is 26.2. The van der Waals surface area contributed by atoms with Crippen LogP contribution in [-0.2, 0) is 23.0 Å². The minimum atomic E-state index is -4.21. The number of aromatic nitrogens is 2. The van der Waals surface area contributed by atoms with Gasteiger partial charge >= 0.3 is 6.03 Å². The maximum Gasteiger partial charge on any atom is 0.329 e. The third-order valence-corrected chi connectivity index (χ3v) is 9.83. The molecule has 7 nitrogen and oxygen atoms in total. The highest BCUT2D eigenvalue weighted by Gasteiger charge is 2.27. The van der Waals surface area contributed by atoms with Gasteiger partial charge in [-0.05, 0) is 49.9 Å². The SMILES string of the molecule is Cc1nn(Cc2ccc(Cl)cc2Cl)c2c1CCCC2=C(F)CNC(=O)NS(=O)(=O)c1cc(Cl)c(Cl)s1. The van der Waals surface area contributed by atoms with Crippen molar-refractivity contribution in [3.05, 3.63) is 72.0 Å².